The Morgan fingerprint density at radius 1 is 0.778 bits per heavy atom. The molecule has 36 heavy (non-hydrogen) atoms. The SMILES string of the molecule is CCn1c2ccccc2c2cc(CN3CCN(Cc4ccccc4F)CC3)ccc21.O=C(O)C(=O)O. The van der Waals surface area contributed by atoms with Gasteiger partial charge in [0.05, 0.1) is 0 Å². The number of piperazine rings is 1. The Balaban J connectivity index is 0.000000455. The van der Waals surface area contributed by atoms with E-state index in [0.717, 1.165) is 44.8 Å². The molecule has 1 fully saturated rings. The van der Waals surface area contributed by atoms with Crippen molar-refractivity contribution < 1.29 is 24.2 Å². The molecule has 1 aliphatic heterocycles. The van der Waals surface area contributed by atoms with E-state index in [-0.39, 0.29) is 5.82 Å². The van der Waals surface area contributed by atoms with E-state index < -0.39 is 11.9 Å². The van der Waals surface area contributed by atoms with Gasteiger partial charge in [-0.3, -0.25) is 9.80 Å². The number of nitrogens with zero attached hydrogens (tertiary/aromatic N) is 3. The van der Waals surface area contributed by atoms with Crippen molar-refractivity contribution in [2.24, 2.45) is 0 Å². The lowest BCUT2D eigenvalue weighted by molar-refractivity contribution is -0.159. The maximum absolute atomic E-state index is 13.9. The van der Waals surface area contributed by atoms with Crippen molar-refractivity contribution in [1.29, 1.82) is 0 Å². The third kappa shape index (κ3) is 5.72. The molecule has 0 saturated carbocycles. The first kappa shape index (κ1) is 25.3. The highest BCUT2D eigenvalue weighted by Gasteiger charge is 2.19. The molecule has 1 saturated heterocycles. The zero-order valence-corrected chi connectivity index (χ0v) is 20.2. The third-order valence-corrected chi connectivity index (χ3v) is 6.56. The number of benzene rings is 3. The molecule has 0 bridgehead atoms. The Hall–Kier alpha value is -3.75. The summed E-state index contributed by atoms with van der Waals surface area (Å²) in [4.78, 5) is 23.1. The van der Waals surface area contributed by atoms with Gasteiger partial charge in [0.1, 0.15) is 5.82 Å². The van der Waals surface area contributed by atoms with Gasteiger partial charge in [-0.15, -0.1) is 0 Å². The highest BCUT2D eigenvalue weighted by atomic mass is 19.1. The number of aliphatic carboxylic acids is 2. The number of carboxylic acids is 2. The molecule has 3 aromatic carbocycles. The Labute approximate surface area is 209 Å². The molecule has 0 unspecified atom stereocenters. The average Bonchev–Trinajstić information content (AvgIpc) is 3.20. The average molecular weight is 492 g/mol. The van der Waals surface area contributed by atoms with Crippen LogP contribution >= 0.6 is 0 Å². The van der Waals surface area contributed by atoms with E-state index in [9.17, 15) is 4.39 Å². The number of halogens is 1. The highest BCUT2D eigenvalue weighted by molar-refractivity contribution is 6.27. The van der Waals surface area contributed by atoms with Crippen LogP contribution in [0.4, 0.5) is 4.39 Å². The molecule has 7 nitrogen and oxygen atoms in total. The molecule has 0 atom stereocenters. The van der Waals surface area contributed by atoms with Crippen LogP contribution in [-0.2, 0) is 29.2 Å². The number of aryl methyl sites for hydroxylation is 1. The molecular formula is C28H30FN3O4. The first-order valence-corrected chi connectivity index (χ1v) is 12.0. The van der Waals surface area contributed by atoms with Crippen molar-refractivity contribution in [3.05, 3.63) is 83.7 Å². The van der Waals surface area contributed by atoms with Crippen molar-refractivity contribution in [3.8, 4) is 0 Å². The first-order chi connectivity index (χ1) is 17.4. The van der Waals surface area contributed by atoms with E-state index in [4.69, 9.17) is 19.8 Å². The van der Waals surface area contributed by atoms with Gasteiger partial charge in [-0.25, -0.2) is 14.0 Å². The van der Waals surface area contributed by atoms with E-state index in [1.807, 2.05) is 12.1 Å². The number of hydrogen-bond acceptors (Lipinski definition) is 4. The maximum atomic E-state index is 13.9. The second-order valence-electron chi connectivity index (χ2n) is 8.87. The second kappa shape index (κ2) is 11.3. The number of rotatable bonds is 5. The normalized spacial score (nSPS) is 14.5. The predicted molar refractivity (Wildman–Crippen MR) is 137 cm³/mol. The Morgan fingerprint density at radius 2 is 1.36 bits per heavy atom. The van der Waals surface area contributed by atoms with Gasteiger partial charge >= 0.3 is 11.9 Å². The van der Waals surface area contributed by atoms with E-state index in [2.05, 4.69) is 63.8 Å². The van der Waals surface area contributed by atoms with E-state index in [1.54, 1.807) is 12.1 Å². The molecule has 1 aliphatic rings. The quantitative estimate of drug-likeness (QED) is 0.402. The summed E-state index contributed by atoms with van der Waals surface area (Å²) in [5.41, 5.74) is 4.79. The summed E-state index contributed by atoms with van der Waals surface area (Å²) in [5.74, 6) is -3.75. The molecule has 0 aliphatic carbocycles. The number of fused-ring (bicyclic) bond motifs is 3. The van der Waals surface area contributed by atoms with Crippen LogP contribution in [0.15, 0.2) is 66.7 Å². The van der Waals surface area contributed by atoms with E-state index in [1.165, 1.54) is 27.4 Å². The smallest absolute Gasteiger partial charge is 0.414 e. The molecule has 8 heteroatoms. The summed E-state index contributed by atoms with van der Waals surface area (Å²) in [6, 6.07) is 22.7. The number of aromatic nitrogens is 1. The lowest BCUT2D eigenvalue weighted by Crippen LogP contribution is -2.45. The van der Waals surface area contributed by atoms with Gasteiger partial charge in [0.2, 0.25) is 0 Å². The van der Waals surface area contributed by atoms with Crippen LogP contribution < -0.4 is 0 Å². The summed E-state index contributed by atoms with van der Waals surface area (Å²) in [7, 11) is 0. The van der Waals surface area contributed by atoms with Crippen molar-refractivity contribution in [2.75, 3.05) is 26.2 Å². The van der Waals surface area contributed by atoms with Gasteiger partial charge in [0, 0.05) is 73.2 Å². The topological polar surface area (TPSA) is 86.0 Å². The number of hydrogen-bond donors (Lipinski definition) is 2. The molecule has 0 spiro atoms. The van der Waals surface area contributed by atoms with Crippen LogP contribution in [0.25, 0.3) is 21.8 Å². The summed E-state index contributed by atoms with van der Waals surface area (Å²) in [5, 5.41) is 17.5. The summed E-state index contributed by atoms with van der Waals surface area (Å²) in [6.07, 6.45) is 0. The monoisotopic (exact) mass is 491 g/mol. The molecule has 2 N–H and O–H groups in total. The first-order valence-electron chi connectivity index (χ1n) is 12.0. The van der Waals surface area contributed by atoms with Gasteiger partial charge in [-0.2, -0.15) is 0 Å². The fourth-order valence-electron chi connectivity index (χ4n) is 4.77. The minimum Gasteiger partial charge on any atom is -0.473 e. The van der Waals surface area contributed by atoms with Crippen LogP contribution in [0, 0.1) is 5.82 Å². The lowest BCUT2D eigenvalue weighted by Gasteiger charge is -2.34. The van der Waals surface area contributed by atoms with Gasteiger partial charge in [-0.1, -0.05) is 42.5 Å². The molecule has 0 amide bonds. The molecule has 1 aromatic heterocycles. The molecule has 0 radical (unpaired) electrons. The molecule has 5 rings (SSSR count). The van der Waals surface area contributed by atoms with E-state index >= 15 is 0 Å². The Kier molecular flexibility index (Phi) is 7.97. The van der Waals surface area contributed by atoms with Gasteiger partial charge in [0.15, 0.2) is 0 Å². The van der Waals surface area contributed by atoms with Gasteiger partial charge in [-0.05, 0) is 36.8 Å². The van der Waals surface area contributed by atoms with Crippen LogP contribution in [0.5, 0.6) is 0 Å². The zero-order valence-electron chi connectivity index (χ0n) is 20.2. The zero-order chi connectivity index (χ0) is 25.7. The fraction of sp³-hybridized carbons (Fsp3) is 0.286. The molecule has 4 aromatic rings. The summed E-state index contributed by atoms with van der Waals surface area (Å²) >= 11 is 0. The third-order valence-electron chi connectivity index (χ3n) is 6.56. The van der Waals surface area contributed by atoms with Crippen LogP contribution in [0.3, 0.4) is 0 Å². The van der Waals surface area contributed by atoms with Crippen molar-refractivity contribution in [1.82, 2.24) is 14.4 Å². The van der Waals surface area contributed by atoms with Gasteiger partial charge in [0.25, 0.3) is 0 Å². The molecule has 2 heterocycles. The fourth-order valence-corrected chi connectivity index (χ4v) is 4.77. The van der Waals surface area contributed by atoms with Crippen LogP contribution in [-0.4, -0.2) is 62.7 Å². The second-order valence-corrected chi connectivity index (χ2v) is 8.87. The van der Waals surface area contributed by atoms with Crippen molar-refractivity contribution >= 4 is 33.7 Å². The summed E-state index contributed by atoms with van der Waals surface area (Å²) in [6.45, 7) is 8.84. The molecular weight excluding hydrogens is 461 g/mol. The van der Waals surface area contributed by atoms with Gasteiger partial charge < -0.3 is 14.8 Å². The minimum atomic E-state index is -1.82. The number of carbonyl (C=O) groups is 2. The minimum absolute atomic E-state index is 0.0977. The van der Waals surface area contributed by atoms with Crippen molar-refractivity contribution in [2.45, 2.75) is 26.6 Å². The standard InChI is InChI=1S/C26H28FN3.C2H2O4/c1-2-30-25-10-6-4-8-22(25)23-17-20(11-12-26(23)30)18-28-13-15-29(16-14-28)19-21-7-3-5-9-24(21)27;3-1(4)2(5)6/h3-12,17H,2,13-16,18-19H2,1H3;(H,3,4)(H,5,6). The number of para-hydroxylation sites is 1. The highest BCUT2D eigenvalue weighted by Crippen LogP contribution is 2.30. The van der Waals surface area contributed by atoms with Crippen LogP contribution in [0.1, 0.15) is 18.1 Å². The molecule has 188 valence electrons. The number of carboxylic acid groups (broad SMARTS) is 2. The predicted octanol–water partition coefficient (Wildman–Crippen LogP) is 4.43. The van der Waals surface area contributed by atoms with Crippen molar-refractivity contribution in [3.63, 3.8) is 0 Å². The van der Waals surface area contributed by atoms with Crippen LogP contribution in [0.2, 0.25) is 0 Å². The Bertz CT molecular complexity index is 1360. The lowest BCUT2D eigenvalue weighted by atomic mass is 10.1. The van der Waals surface area contributed by atoms with E-state index in [0.29, 0.717) is 6.54 Å². The Morgan fingerprint density at radius 3 is 2.00 bits per heavy atom. The maximum Gasteiger partial charge on any atom is 0.414 e. The largest absolute Gasteiger partial charge is 0.473 e. The summed E-state index contributed by atoms with van der Waals surface area (Å²) < 4.78 is 16.3.